The molecule has 0 spiro atoms. The molecule has 0 amide bonds. The Kier molecular flexibility index (Phi) is 4.96. The molecule has 5 heteroatoms. The van der Waals surface area contributed by atoms with Crippen LogP contribution in [0.3, 0.4) is 0 Å². The summed E-state index contributed by atoms with van der Waals surface area (Å²) in [6.45, 7) is 2.83. The highest BCUT2D eigenvalue weighted by atomic mass is 19.2. The van der Waals surface area contributed by atoms with Crippen LogP contribution in [0, 0.1) is 17.5 Å². The number of benzene rings is 1. The van der Waals surface area contributed by atoms with Crippen molar-refractivity contribution >= 4 is 0 Å². The molecule has 0 saturated carbocycles. The minimum atomic E-state index is -1.16. The van der Waals surface area contributed by atoms with Gasteiger partial charge in [-0.1, -0.05) is 0 Å². The van der Waals surface area contributed by atoms with Crippen molar-refractivity contribution in [1.29, 1.82) is 0 Å². The van der Waals surface area contributed by atoms with Gasteiger partial charge in [-0.05, 0) is 27.1 Å². The number of nitrogens with one attached hydrogen (secondary N) is 1. The van der Waals surface area contributed by atoms with Gasteiger partial charge >= 0.3 is 0 Å². The maximum Gasteiger partial charge on any atom is 0.161 e. The number of hydrogen-bond donors (Lipinski definition) is 1. The number of halogens is 3. The summed E-state index contributed by atoms with van der Waals surface area (Å²) in [5.74, 6) is -2.91. The van der Waals surface area contributed by atoms with Gasteiger partial charge in [0.05, 0.1) is 0 Å². The van der Waals surface area contributed by atoms with Gasteiger partial charge in [-0.25, -0.2) is 13.2 Å². The molecule has 0 bridgehead atoms. The average molecular weight is 246 g/mol. The van der Waals surface area contributed by atoms with Crippen LogP contribution in [0.4, 0.5) is 13.2 Å². The molecule has 17 heavy (non-hydrogen) atoms. The van der Waals surface area contributed by atoms with Crippen molar-refractivity contribution in [2.45, 2.75) is 19.5 Å². The highest BCUT2D eigenvalue weighted by molar-refractivity contribution is 5.19. The van der Waals surface area contributed by atoms with Gasteiger partial charge in [0.2, 0.25) is 0 Å². The Bertz CT molecular complexity index is 380. The third-order valence-corrected chi connectivity index (χ3v) is 2.73. The van der Waals surface area contributed by atoms with Gasteiger partial charge in [0.1, 0.15) is 5.82 Å². The molecular formula is C12H17F3N2. The van der Waals surface area contributed by atoms with E-state index >= 15 is 0 Å². The zero-order chi connectivity index (χ0) is 13.0. The van der Waals surface area contributed by atoms with Gasteiger partial charge < -0.3 is 10.2 Å². The van der Waals surface area contributed by atoms with Crippen molar-refractivity contribution in [2.24, 2.45) is 0 Å². The van der Waals surface area contributed by atoms with Crippen LogP contribution in [0.2, 0.25) is 0 Å². The lowest BCUT2D eigenvalue weighted by atomic mass is 10.2. The maximum atomic E-state index is 13.3. The first-order chi connectivity index (χ1) is 7.91. The van der Waals surface area contributed by atoms with Crippen molar-refractivity contribution in [2.75, 3.05) is 20.6 Å². The highest BCUT2D eigenvalue weighted by Gasteiger charge is 2.10. The van der Waals surface area contributed by atoms with E-state index in [1.165, 1.54) is 0 Å². The SMILES string of the molecule is CC(CNCc1cc(F)c(F)cc1F)N(C)C. The summed E-state index contributed by atoms with van der Waals surface area (Å²) in [5, 5.41) is 3.00. The molecule has 1 N–H and O–H groups in total. The summed E-state index contributed by atoms with van der Waals surface area (Å²) >= 11 is 0. The Labute approximate surface area is 99.4 Å². The first kappa shape index (κ1) is 14.0. The first-order valence-corrected chi connectivity index (χ1v) is 5.42. The highest BCUT2D eigenvalue weighted by Crippen LogP contribution is 2.13. The van der Waals surface area contributed by atoms with E-state index in [-0.39, 0.29) is 18.2 Å². The second-order valence-electron chi connectivity index (χ2n) is 4.30. The van der Waals surface area contributed by atoms with E-state index in [1.807, 2.05) is 25.9 Å². The molecule has 0 aliphatic heterocycles. The second kappa shape index (κ2) is 6.02. The molecule has 1 atom stereocenters. The zero-order valence-corrected chi connectivity index (χ0v) is 10.2. The van der Waals surface area contributed by atoms with Crippen LogP contribution in [0.25, 0.3) is 0 Å². The Hall–Kier alpha value is -1.07. The molecule has 1 aromatic carbocycles. The van der Waals surface area contributed by atoms with Gasteiger partial charge in [-0.2, -0.15) is 0 Å². The molecule has 1 rings (SSSR count). The summed E-state index contributed by atoms with van der Waals surface area (Å²) in [4.78, 5) is 2.01. The predicted octanol–water partition coefficient (Wildman–Crippen LogP) is 2.14. The van der Waals surface area contributed by atoms with Gasteiger partial charge in [0, 0.05) is 30.8 Å². The van der Waals surface area contributed by atoms with E-state index in [4.69, 9.17) is 0 Å². The summed E-state index contributed by atoms with van der Waals surface area (Å²) in [6, 6.07) is 1.74. The van der Waals surface area contributed by atoms with E-state index in [0.717, 1.165) is 6.07 Å². The molecule has 1 aromatic rings. The number of hydrogen-bond acceptors (Lipinski definition) is 2. The monoisotopic (exact) mass is 246 g/mol. The fourth-order valence-corrected chi connectivity index (χ4v) is 1.30. The van der Waals surface area contributed by atoms with Gasteiger partial charge in [-0.3, -0.25) is 0 Å². The van der Waals surface area contributed by atoms with Crippen molar-refractivity contribution in [3.63, 3.8) is 0 Å². The topological polar surface area (TPSA) is 15.3 Å². The molecule has 0 aromatic heterocycles. The van der Waals surface area contributed by atoms with Crippen LogP contribution in [0.1, 0.15) is 12.5 Å². The summed E-state index contributed by atoms with van der Waals surface area (Å²) in [6.07, 6.45) is 0. The number of rotatable bonds is 5. The van der Waals surface area contributed by atoms with E-state index in [9.17, 15) is 13.2 Å². The fraction of sp³-hybridized carbons (Fsp3) is 0.500. The summed E-state index contributed by atoms with van der Waals surface area (Å²) in [7, 11) is 3.87. The molecule has 2 nitrogen and oxygen atoms in total. The van der Waals surface area contributed by atoms with E-state index in [0.29, 0.717) is 12.6 Å². The van der Waals surface area contributed by atoms with Gasteiger partial charge in [-0.15, -0.1) is 0 Å². The van der Waals surface area contributed by atoms with Crippen LogP contribution in [0.5, 0.6) is 0 Å². The van der Waals surface area contributed by atoms with Crippen molar-refractivity contribution < 1.29 is 13.2 Å². The minimum Gasteiger partial charge on any atom is -0.311 e. The third kappa shape index (κ3) is 4.02. The molecule has 0 saturated heterocycles. The first-order valence-electron chi connectivity index (χ1n) is 5.42. The zero-order valence-electron chi connectivity index (χ0n) is 10.2. The summed E-state index contributed by atoms with van der Waals surface area (Å²) in [5.41, 5.74) is 0.134. The van der Waals surface area contributed by atoms with Crippen LogP contribution >= 0.6 is 0 Å². The standard InChI is InChI=1S/C12H17F3N2/c1-8(17(2)3)6-16-7-9-4-11(14)12(15)5-10(9)13/h4-5,8,16H,6-7H2,1-3H3. The quantitative estimate of drug-likeness (QED) is 0.801. The largest absolute Gasteiger partial charge is 0.311 e. The van der Waals surface area contributed by atoms with E-state index < -0.39 is 17.5 Å². The van der Waals surface area contributed by atoms with Crippen LogP contribution in [-0.4, -0.2) is 31.6 Å². The molecule has 1 unspecified atom stereocenters. The lowest BCUT2D eigenvalue weighted by Gasteiger charge is -2.20. The minimum absolute atomic E-state index is 0.134. The maximum absolute atomic E-state index is 13.3. The van der Waals surface area contributed by atoms with E-state index in [2.05, 4.69) is 5.32 Å². The Balaban J connectivity index is 2.55. The normalized spacial score (nSPS) is 13.1. The average Bonchev–Trinajstić information content (AvgIpc) is 2.25. The van der Waals surface area contributed by atoms with Gasteiger partial charge in [0.15, 0.2) is 11.6 Å². The lowest BCUT2D eigenvalue weighted by molar-refractivity contribution is 0.302. The van der Waals surface area contributed by atoms with Crippen LogP contribution < -0.4 is 5.32 Å². The number of nitrogens with zero attached hydrogens (tertiary/aromatic N) is 1. The molecule has 0 heterocycles. The fourth-order valence-electron chi connectivity index (χ4n) is 1.30. The Morgan fingerprint density at radius 2 is 1.71 bits per heavy atom. The molecule has 96 valence electrons. The van der Waals surface area contributed by atoms with E-state index in [1.54, 1.807) is 0 Å². The molecule has 0 radical (unpaired) electrons. The van der Waals surface area contributed by atoms with Crippen molar-refractivity contribution in [3.8, 4) is 0 Å². The van der Waals surface area contributed by atoms with Crippen molar-refractivity contribution in [1.82, 2.24) is 10.2 Å². The Morgan fingerprint density at radius 3 is 2.29 bits per heavy atom. The lowest BCUT2D eigenvalue weighted by Crippen LogP contribution is -2.35. The smallest absolute Gasteiger partial charge is 0.161 e. The van der Waals surface area contributed by atoms with Crippen LogP contribution in [-0.2, 0) is 6.54 Å². The number of likely N-dealkylation sites (N-methyl/N-ethyl adjacent to an activating group) is 1. The predicted molar refractivity (Wildman–Crippen MR) is 61.2 cm³/mol. The Morgan fingerprint density at radius 1 is 1.12 bits per heavy atom. The van der Waals surface area contributed by atoms with Crippen molar-refractivity contribution in [3.05, 3.63) is 35.1 Å². The molecule has 0 aliphatic carbocycles. The second-order valence-corrected chi connectivity index (χ2v) is 4.30. The molecule has 0 aliphatic rings. The summed E-state index contributed by atoms with van der Waals surface area (Å²) < 4.78 is 38.8. The van der Waals surface area contributed by atoms with Crippen LogP contribution in [0.15, 0.2) is 12.1 Å². The van der Waals surface area contributed by atoms with Gasteiger partial charge in [0.25, 0.3) is 0 Å². The molecule has 0 fully saturated rings. The third-order valence-electron chi connectivity index (χ3n) is 2.73. The molecular weight excluding hydrogens is 229 g/mol.